The van der Waals surface area contributed by atoms with Gasteiger partial charge in [0.25, 0.3) is 0 Å². The molecule has 0 saturated carbocycles. The Morgan fingerprint density at radius 3 is 2.87 bits per heavy atom. The van der Waals surface area contributed by atoms with E-state index in [4.69, 9.17) is 21.1 Å². The van der Waals surface area contributed by atoms with Crippen LogP contribution in [0.3, 0.4) is 0 Å². The first-order chi connectivity index (χ1) is 15.1. The zero-order valence-electron chi connectivity index (χ0n) is 18.2. The van der Waals surface area contributed by atoms with E-state index in [2.05, 4.69) is 40.7 Å². The van der Waals surface area contributed by atoms with E-state index in [0.717, 1.165) is 36.5 Å². The van der Waals surface area contributed by atoms with Gasteiger partial charge in [0, 0.05) is 41.8 Å². The molecule has 2 aromatic rings. The van der Waals surface area contributed by atoms with Gasteiger partial charge in [0.1, 0.15) is 5.75 Å². The Labute approximate surface area is 189 Å². The molecule has 0 spiro atoms. The molecule has 31 heavy (non-hydrogen) atoms. The van der Waals surface area contributed by atoms with Gasteiger partial charge in [0.05, 0.1) is 25.9 Å². The van der Waals surface area contributed by atoms with Gasteiger partial charge in [-0.25, -0.2) is 4.99 Å². The normalized spacial score (nSPS) is 17.4. The predicted octanol–water partition coefficient (Wildman–Crippen LogP) is 3.85. The highest BCUT2D eigenvalue weighted by atomic mass is 35.5. The molecule has 0 bridgehead atoms. The number of hydrogen-bond donors (Lipinski definition) is 3. The highest BCUT2D eigenvalue weighted by Gasteiger charge is 2.17. The lowest BCUT2D eigenvalue weighted by Gasteiger charge is -2.17. The molecule has 3 N–H and O–H groups in total. The maximum Gasteiger partial charge on any atom is 0.191 e. The molecule has 3 rings (SSSR count). The zero-order chi connectivity index (χ0) is 22.1. The lowest BCUT2D eigenvalue weighted by molar-refractivity contribution is 0.166. The lowest BCUT2D eigenvalue weighted by Crippen LogP contribution is -2.39. The second kappa shape index (κ2) is 11.9. The molecule has 1 aliphatic heterocycles. The Bertz CT molecular complexity index is 869. The van der Waals surface area contributed by atoms with E-state index in [9.17, 15) is 5.11 Å². The maximum atomic E-state index is 10.5. The van der Waals surface area contributed by atoms with Gasteiger partial charge in [-0.2, -0.15) is 0 Å². The molecule has 168 valence electrons. The Morgan fingerprint density at radius 2 is 2.13 bits per heavy atom. The van der Waals surface area contributed by atoms with Crippen molar-refractivity contribution in [2.45, 2.75) is 32.9 Å². The highest BCUT2D eigenvalue weighted by Crippen LogP contribution is 2.24. The summed E-state index contributed by atoms with van der Waals surface area (Å²) in [5, 5.41) is 17.5. The molecule has 2 aromatic carbocycles. The van der Waals surface area contributed by atoms with Crippen LogP contribution in [-0.2, 0) is 11.3 Å². The predicted molar refractivity (Wildman–Crippen MR) is 125 cm³/mol. The number of aryl methyl sites for hydroxylation is 1. The molecule has 0 amide bonds. The average Bonchev–Trinajstić information content (AvgIpc) is 3.29. The van der Waals surface area contributed by atoms with E-state index in [0.29, 0.717) is 48.7 Å². The van der Waals surface area contributed by atoms with E-state index in [1.807, 2.05) is 25.1 Å². The summed E-state index contributed by atoms with van der Waals surface area (Å²) >= 11 is 6.19. The van der Waals surface area contributed by atoms with Crippen LogP contribution in [0.15, 0.2) is 47.5 Å². The summed E-state index contributed by atoms with van der Waals surface area (Å²) in [7, 11) is 0. The topological polar surface area (TPSA) is 75.1 Å². The number of hydrogen-bond acceptors (Lipinski definition) is 4. The summed E-state index contributed by atoms with van der Waals surface area (Å²) in [6.45, 7) is 7.78. The number of nitrogens with zero attached hydrogens (tertiary/aromatic N) is 1. The number of nitrogens with one attached hydrogen (secondary N) is 2. The third kappa shape index (κ3) is 7.13. The van der Waals surface area contributed by atoms with Crippen LogP contribution < -0.4 is 15.4 Å². The first kappa shape index (κ1) is 23.4. The van der Waals surface area contributed by atoms with Crippen LogP contribution in [0.1, 0.15) is 36.1 Å². The maximum absolute atomic E-state index is 10.5. The van der Waals surface area contributed by atoms with Crippen LogP contribution in [0, 0.1) is 12.8 Å². The van der Waals surface area contributed by atoms with Crippen LogP contribution in [-0.4, -0.2) is 44.0 Å². The van der Waals surface area contributed by atoms with E-state index in [-0.39, 0.29) is 0 Å². The number of halogens is 1. The fourth-order valence-corrected chi connectivity index (χ4v) is 3.67. The van der Waals surface area contributed by atoms with Crippen LogP contribution in [0.2, 0.25) is 5.02 Å². The summed E-state index contributed by atoms with van der Waals surface area (Å²) in [6, 6.07) is 13.5. The average molecular weight is 446 g/mol. The number of ether oxygens (including phenoxy) is 2. The minimum absolute atomic E-state index is 0.300. The van der Waals surface area contributed by atoms with E-state index >= 15 is 0 Å². The molecular formula is C24H32ClN3O3. The fourth-order valence-electron chi connectivity index (χ4n) is 3.40. The van der Waals surface area contributed by atoms with Crippen molar-refractivity contribution in [3.63, 3.8) is 0 Å². The van der Waals surface area contributed by atoms with Crippen molar-refractivity contribution in [3.8, 4) is 5.75 Å². The monoisotopic (exact) mass is 445 g/mol. The fraction of sp³-hybridized carbons (Fsp3) is 0.458. The van der Waals surface area contributed by atoms with Crippen molar-refractivity contribution < 1.29 is 14.6 Å². The molecule has 1 heterocycles. The smallest absolute Gasteiger partial charge is 0.191 e. The first-order valence-corrected chi connectivity index (χ1v) is 11.2. The Morgan fingerprint density at radius 1 is 1.29 bits per heavy atom. The third-order valence-corrected chi connectivity index (χ3v) is 5.54. The van der Waals surface area contributed by atoms with Crippen molar-refractivity contribution >= 4 is 17.6 Å². The van der Waals surface area contributed by atoms with Crippen molar-refractivity contribution in [2.24, 2.45) is 10.9 Å². The number of aliphatic hydroxyl groups excluding tert-OH is 1. The van der Waals surface area contributed by atoms with Gasteiger partial charge >= 0.3 is 0 Å². The molecule has 1 saturated heterocycles. The zero-order valence-corrected chi connectivity index (χ0v) is 19.0. The molecule has 6 nitrogen and oxygen atoms in total. The molecule has 0 aromatic heterocycles. The van der Waals surface area contributed by atoms with Crippen molar-refractivity contribution in [3.05, 3.63) is 64.2 Å². The first-order valence-electron chi connectivity index (χ1n) is 10.8. The van der Waals surface area contributed by atoms with Gasteiger partial charge < -0.3 is 25.2 Å². The van der Waals surface area contributed by atoms with Gasteiger partial charge in [-0.1, -0.05) is 41.9 Å². The van der Waals surface area contributed by atoms with E-state index in [1.54, 1.807) is 6.07 Å². The molecule has 2 atom stereocenters. The van der Waals surface area contributed by atoms with Gasteiger partial charge in [-0.05, 0) is 38.0 Å². The summed E-state index contributed by atoms with van der Waals surface area (Å²) in [5.41, 5.74) is 2.87. The second-order valence-corrected chi connectivity index (χ2v) is 8.17. The SMILES string of the molecule is CCNC(=NCc1ccc(C)cc1OCC1CCOC1)NCC(O)c1ccccc1Cl. The number of aliphatic hydroxyl groups is 1. The number of rotatable bonds is 9. The van der Waals surface area contributed by atoms with Crippen molar-refractivity contribution in [1.29, 1.82) is 0 Å². The van der Waals surface area contributed by atoms with Crippen LogP contribution >= 0.6 is 11.6 Å². The Kier molecular flexibility index (Phi) is 9.00. The lowest BCUT2D eigenvalue weighted by atomic mass is 10.1. The number of aliphatic imine (C=N–C) groups is 1. The number of benzene rings is 2. The molecular weight excluding hydrogens is 414 g/mol. The summed E-state index contributed by atoms with van der Waals surface area (Å²) in [5.74, 6) is 1.94. The molecule has 1 aliphatic rings. The van der Waals surface area contributed by atoms with E-state index in [1.165, 1.54) is 0 Å². The van der Waals surface area contributed by atoms with Gasteiger partial charge in [0.2, 0.25) is 0 Å². The molecule has 2 unspecified atom stereocenters. The van der Waals surface area contributed by atoms with Crippen LogP contribution in [0.25, 0.3) is 0 Å². The summed E-state index contributed by atoms with van der Waals surface area (Å²) in [4.78, 5) is 4.69. The van der Waals surface area contributed by atoms with Crippen LogP contribution in [0.5, 0.6) is 5.75 Å². The van der Waals surface area contributed by atoms with Gasteiger partial charge in [0.15, 0.2) is 5.96 Å². The molecule has 1 fully saturated rings. The van der Waals surface area contributed by atoms with E-state index < -0.39 is 6.10 Å². The van der Waals surface area contributed by atoms with Gasteiger partial charge in [-0.15, -0.1) is 0 Å². The number of guanidine groups is 1. The highest BCUT2D eigenvalue weighted by molar-refractivity contribution is 6.31. The molecule has 7 heteroatoms. The molecule has 0 aliphatic carbocycles. The third-order valence-electron chi connectivity index (χ3n) is 5.20. The Hall–Kier alpha value is -2.28. The largest absolute Gasteiger partial charge is 0.493 e. The summed E-state index contributed by atoms with van der Waals surface area (Å²) in [6.07, 6.45) is 0.311. The van der Waals surface area contributed by atoms with Crippen LogP contribution in [0.4, 0.5) is 0 Å². The molecule has 0 radical (unpaired) electrons. The minimum atomic E-state index is -0.732. The van der Waals surface area contributed by atoms with Crippen molar-refractivity contribution in [2.75, 3.05) is 32.9 Å². The van der Waals surface area contributed by atoms with Gasteiger partial charge in [-0.3, -0.25) is 0 Å². The Balaban J connectivity index is 1.63. The minimum Gasteiger partial charge on any atom is -0.493 e. The quantitative estimate of drug-likeness (QED) is 0.403. The standard InChI is InChI=1S/C24H32ClN3O3/c1-3-26-24(28-14-22(29)20-6-4-5-7-21(20)25)27-13-19-9-8-17(2)12-23(19)31-16-18-10-11-30-15-18/h4-9,12,18,22,29H,3,10-11,13-16H2,1-2H3,(H2,26,27,28). The summed E-state index contributed by atoms with van der Waals surface area (Å²) < 4.78 is 11.6. The second-order valence-electron chi connectivity index (χ2n) is 7.77. The van der Waals surface area contributed by atoms with Crippen molar-refractivity contribution in [1.82, 2.24) is 10.6 Å².